The second-order valence-electron chi connectivity index (χ2n) is 4.50. The van der Waals surface area contributed by atoms with Crippen LogP contribution in [0.4, 0.5) is 5.95 Å². The third kappa shape index (κ3) is 2.93. The zero-order chi connectivity index (χ0) is 15.4. The molecule has 0 aliphatic rings. The lowest BCUT2D eigenvalue weighted by Crippen LogP contribution is -2.37. The van der Waals surface area contributed by atoms with Gasteiger partial charge in [0.2, 0.25) is 5.95 Å². The fourth-order valence-electron chi connectivity index (χ4n) is 2.10. The molecule has 0 fully saturated rings. The molecule has 0 atom stereocenters. The average Bonchev–Trinajstić information content (AvgIpc) is 2.47. The Bertz CT molecular complexity index is 744. The van der Waals surface area contributed by atoms with Crippen LogP contribution in [-0.2, 0) is 6.42 Å². The van der Waals surface area contributed by atoms with E-state index in [0.717, 1.165) is 17.7 Å². The number of terminal acetylenes is 1. The van der Waals surface area contributed by atoms with Crippen LogP contribution in [0.5, 0.6) is 0 Å². The molecule has 0 spiro atoms. The summed E-state index contributed by atoms with van der Waals surface area (Å²) in [5.41, 5.74) is 1.41. The van der Waals surface area contributed by atoms with Crippen LogP contribution in [0.15, 0.2) is 29.1 Å². The first-order chi connectivity index (χ1) is 10.1. The first kappa shape index (κ1) is 14.8. The van der Waals surface area contributed by atoms with E-state index in [1.165, 1.54) is 9.58 Å². The van der Waals surface area contributed by atoms with E-state index >= 15 is 0 Å². The Hall–Kier alpha value is -2.65. The molecular formula is C15H17N5O. The number of nitrogens with two attached hydrogens (primary N) is 1. The number of nitrogens with zero attached hydrogens (tertiary/aromatic N) is 4. The van der Waals surface area contributed by atoms with E-state index in [1.54, 1.807) is 6.92 Å². The molecule has 1 aromatic carbocycles. The Morgan fingerprint density at radius 1 is 1.38 bits per heavy atom. The summed E-state index contributed by atoms with van der Waals surface area (Å²) >= 11 is 0. The lowest BCUT2D eigenvalue weighted by molar-refractivity contribution is 0.766. The molecule has 2 rings (SSSR count). The van der Waals surface area contributed by atoms with Gasteiger partial charge in [-0.1, -0.05) is 31.0 Å². The summed E-state index contributed by atoms with van der Waals surface area (Å²) in [6, 6.07) is 7.66. The number of anilines is 1. The van der Waals surface area contributed by atoms with Gasteiger partial charge in [-0.2, -0.15) is 9.97 Å². The van der Waals surface area contributed by atoms with E-state index in [0.29, 0.717) is 5.82 Å². The third-order valence-electron chi connectivity index (χ3n) is 3.10. The molecule has 2 aromatic rings. The van der Waals surface area contributed by atoms with Crippen LogP contribution in [0, 0.1) is 19.3 Å². The van der Waals surface area contributed by atoms with Crippen LogP contribution < -0.4 is 16.5 Å². The van der Waals surface area contributed by atoms with Gasteiger partial charge in [-0.3, -0.25) is 5.01 Å². The van der Waals surface area contributed by atoms with Crippen LogP contribution >= 0.6 is 0 Å². The molecule has 108 valence electrons. The van der Waals surface area contributed by atoms with Crippen molar-refractivity contribution < 1.29 is 0 Å². The quantitative estimate of drug-likeness (QED) is 0.510. The lowest BCUT2D eigenvalue weighted by Gasteiger charge is -2.16. The van der Waals surface area contributed by atoms with Gasteiger partial charge >= 0.3 is 5.69 Å². The topological polar surface area (TPSA) is 77.0 Å². The smallest absolute Gasteiger partial charge is 0.266 e. The summed E-state index contributed by atoms with van der Waals surface area (Å²) in [6.07, 6.45) is 6.00. The number of hydrogen-bond acceptors (Lipinski definition) is 5. The van der Waals surface area contributed by atoms with Crippen molar-refractivity contribution in [1.29, 1.82) is 0 Å². The number of para-hydroxylation sites is 1. The molecule has 0 aliphatic heterocycles. The predicted molar refractivity (Wildman–Crippen MR) is 82.1 cm³/mol. The minimum Gasteiger partial charge on any atom is -0.266 e. The molecule has 0 unspecified atom stereocenters. The number of aryl methyl sites for hydroxylation is 2. The highest BCUT2D eigenvalue weighted by Crippen LogP contribution is 2.15. The van der Waals surface area contributed by atoms with Crippen LogP contribution in [-0.4, -0.2) is 21.1 Å². The molecule has 6 nitrogen and oxygen atoms in total. The Morgan fingerprint density at radius 3 is 2.71 bits per heavy atom. The van der Waals surface area contributed by atoms with Gasteiger partial charge in [-0.15, -0.1) is 6.42 Å². The Balaban J connectivity index is 2.57. The second kappa shape index (κ2) is 6.20. The minimum atomic E-state index is -0.425. The molecule has 1 heterocycles. The van der Waals surface area contributed by atoms with Crippen molar-refractivity contribution in [1.82, 2.24) is 14.5 Å². The monoisotopic (exact) mass is 283 g/mol. The summed E-state index contributed by atoms with van der Waals surface area (Å²) < 4.78 is 1.48. The van der Waals surface area contributed by atoms with Gasteiger partial charge in [0.1, 0.15) is 5.82 Å². The summed E-state index contributed by atoms with van der Waals surface area (Å²) in [4.78, 5) is 20.5. The molecule has 2 N–H and O–H groups in total. The van der Waals surface area contributed by atoms with Crippen molar-refractivity contribution in [2.75, 3.05) is 11.6 Å². The molecule has 0 aliphatic carbocycles. The summed E-state index contributed by atoms with van der Waals surface area (Å²) in [5.74, 6) is 8.73. The normalized spacial score (nSPS) is 10.2. The molecule has 0 bridgehead atoms. The van der Waals surface area contributed by atoms with E-state index in [-0.39, 0.29) is 12.5 Å². The maximum atomic E-state index is 12.3. The van der Waals surface area contributed by atoms with Crippen molar-refractivity contribution in [2.45, 2.75) is 20.3 Å². The molecule has 21 heavy (non-hydrogen) atoms. The van der Waals surface area contributed by atoms with Crippen LogP contribution in [0.1, 0.15) is 18.3 Å². The molecule has 0 amide bonds. The zero-order valence-corrected chi connectivity index (χ0v) is 12.1. The van der Waals surface area contributed by atoms with Crippen LogP contribution in [0.25, 0.3) is 5.69 Å². The standard InChI is InChI=1S/C15H17N5O/c1-4-10-19(16)14-17-11(3)20(15(21)18-14)13-9-7-6-8-12(13)5-2/h1,6-9H,5,10,16H2,2-3H3. The SMILES string of the molecule is C#CCN(N)c1nc(C)n(-c2ccccc2CC)c(=O)n1. The fourth-order valence-corrected chi connectivity index (χ4v) is 2.10. The highest BCUT2D eigenvalue weighted by Gasteiger charge is 2.13. The first-order valence-corrected chi connectivity index (χ1v) is 6.60. The van der Waals surface area contributed by atoms with E-state index in [1.807, 2.05) is 31.2 Å². The molecule has 6 heteroatoms. The van der Waals surface area contributed by atoms with E-state index in [9.17, 15) is 4.79 Å². The minimum absolute atomic E-state index is 0.126. The highest BCUT2D eigenvalue weighted by molar-refractivity contribution is 5.42. The first-order valence-electron chi connectivity index (χ1n) is 6.60. The number of hydrogen-bond donors (Lipinski definition) is 1. The fraction of sp³-hybridized carbons (Fsp3) is 0.267. The van der Waals surface area contributed by atoms with Crippen molar-refractivity contribution in [3.05, 3.63) is 46.1 Å². The number of benzene rings is 1. The van der Waals surface area contributed by atoms with E-state index < -0.39 is 5.69 Å². The van der Waals surface area contributed by atoms with Crippen molar-refractivity contribution in [3.8, 4) is 18.0 Å². The van der Waals surface area contributed by atoms with E-state index in [4.69, 9.17) is 12.3 Å². The van der Waals surface area contributed by atoms with Gasteiger partial charge in [0, 0.05) is 0 Å². The van der Waals surface area contributed by atoms with Gasteiger partial charge in [-0.05, 0) is 25.0 Å². The maximum absolute atomic E-state index is 12.3. The average molecular weight is 283 g/mol. The molecular weight excluding hydrogens is 266 g/mol. The highest BCUT2D eigenvalue weighted by atomic mass is 16.1. The van der Waals surface area contributed by atoms with Gasteiger partial charge in [-0.25, -0.2) is 15.2 Å². The molecule has 0 radical (unpaired) electrons. The zero-order valence-electron chi connectivity index (χ0n) is 12.1. The molecule has 1 aromatic heterocycles. The summed E-state index contributed by atoms with van der Waals surface area (Å²) in [6.45, 7) is 3.90. The van der Waals surface area contributed by atoms with Crippen LogP contribution in [0.2, 0.25) is 0 Å². The summed E-state index contributed by atoms with van der Waals surface area (Å²) in [5, 5.41) is 1.17. The Morgan fingerprint density at radius 2 is 2.10 bits per heavy atom. The van der Waals surface area contributed by atoms with Gasteiger partial charge in [0.05, 0.1) is 12.2 Å². The maximum Gasteiger partial charge on any atom is 0.356 e. The predicted octanol–water partition coefficient (Wildman–Crippen LogP) is 0.812. The largest absolute Gasteiger partial charge is 0.356 e. The Kier molecular flexibility index (Phi) is 4.36. The molecule has 0 saturated carbocycles. The molecule has 0 saturated heterocycles. The van der Waals surface area contributed by atoms with Crippen LogP contribution in [0.3, 0.4) is 0 Å². The second-order valence-corrected chi connectivity index (χ2v) is 4.50. The van der Waals surface area contributed by atoms with Crippen molar-refractivity contribution in [2.24, 2.45) is 5.84 Å². The van der Waals surface area contributed by atoms with E-state index in [2.05, 4.69) is 15.9 Å². The van der Waals surface area contributed by atoms with Crippen molar-refractivity contribution in [3.63, 3.8) is 0 Å². The number of rotatable bonds is 4. The van der Waals surface area contributed by atoms with Gasteiger partial charge < -0.3 is 0 Å². The van der Waals surface area contributed by atoms with Crippen molar-refractivity contribution >= 4 is 5.95 Å². The van der Waals surface area contributed by atoms with Gasteiger partial charge in [0.15, 0.2) is 0 Å². The van der Waals surface area contributed by atoms with Gasteiger partial charge in [0.25, 0.3) is 0 Å². The summed E-state index contributed by atoms with van der Waals surface area (Å²) in [7, 11) is 0. The number of hydrazine groups is 1. The lowest BCUT2D eigenvalue weighted by atomic mass is 10.1. The number of aromatic nitrogens is 3. The Labute approximate surface area is 123 Å². The third-order valence-corrected chi connectivity index (χ3v) is 3.10.